The van der Waals surface area contributed by atoms with Crippen LogP contribution in [0.4, 0.5) is 0 Å². The van der Waals surface area contributed by atoms with E-state index in [4.69, 9.17) is 0 Å². The molecule has 2 aromatic carbocycles. The van der Waals surface area contributed by atoms with Gasteiger partial charge in [0.2, 0.25) is 0 Å². The van der Waals surface area contributed by atoms with Crippen molar-refractivity contribution in [1.29, 1.82) is 0 Å². The molecule has 1 nitrogen and oxygen atoms in total. The Hall–Kier alpha value is -0.930. The first-order valence-corrected chi connectivity index (χ1v) is 8.33. The third-order valence-corrected chi connectivity index (χ3v) is 5.11. The maximum atomic E-state index is 12.5. The number of hydrogen-bond acceptors (Lipinski definition) is 1. The van der Waals surface area contributed by atoms with Crippen molar-refractivity contribution in [2.24, 2.45) is 0 Å². The second-order valence-corrected chi connectivity index (χ2v) is 6.97. The Bertz CT molecular complexity index is 643. The summed E-state index contributed by atoms with van der Waals surface area (Å²) in [5, 5.41) is 0. The zero-order valence-electron chi connectivity index (χ0n) is 10.9. The largest absolute Gasteiger partial charge is 0.289 e. The van der Waals surface area contributed by atoms with Crippen LogP contribution in [0.2, 0.25) is 0 Å². The number of halogens is 2. The Morgan fingerprint density at radius 1 is 1.00 bits per heavy atom. The summed E-state index contributed by atoms with van der Waals surface area (Å²) >= 11 is 6.86. The normalized spacial score (nSPS) is 14.9. The zero-order chi connectivity index (χ0) is 14.1. The highest BCUT2D eigenvalue weighted by atomic mass is 79.9. The summed E-state index contributed by atoms with van der Waals surface area (Å²) in [6.45, 7) is 0. The van der Waals surface area contributed by atoms with Gasteiger partial charge in [0, 0.05) is 20.1 Å². The minimum atomic E-state index is 0.0540. The van der Waals surface area contributed by atoms with Crippen molar-refractivity contribution < 1.29 is 4.79 Å². The highest BCUT2D eigenvalue weighted by Gasteiger charge is 2.20. The third kappa shape index (κ3) is 2.75. The van der Waals surface area contributed by atoms with Gasteiger partial charge in [-0.05, 0) is 42.5 Å². The Labute approximate surface area is 135 Å². The van der Waals surface area contributed by atoms with Crippen molar-refractivity contribution in [3.8, 4) is 0 Å². The zero-order valence-corrected chi connectivity index (χ0v) is 14.1. The SMILES string of the molecule is O=C(c1ccc(C2CCC2)cc1)c1cc(Br)ccc1Br. The summed E-state index contributed by atoms with van der Waals surface area (Å²) in [7, 11) is 0. The summed E-state index contributed by atoms with van der Waals surface area (Å²) in [4.78, 5) is 12.5. The lowest BCUT2D eigenvalue weighted by molar-refractivity contribution is 0.103. The Kier molecular flexibility index (Phi) is 4.08. The first-order valence-electron chi connectivity index (χ1n) is 6.75. The predicted molar refractivity (Wildman–Crippen MR) is 88.3 cm³/mol. The van der Waals surface area contributed by atoms with E-state index in [1.807, 2.05) is 30.3 Å². The molecule has 3 heteroatoms. The van der Waals surface area contributed by atoms with E-state index in [-0.39, 0.29) is 5.78 Å². The molecular formula is C17H14Br2O. The Morgan fingerprint density at radius 3 is 2.30 bits per heavy atom. The van der Waals surface area contributed by atoms with Crippen LogP contribution in [-0.2, 0) is 0 Å². The average Bonchev–Trinajstić information content (AvgIpc) is 2.40. The van der Waals surface area contributed by atoms with Crippen molar-refractivity contribution in [3.05, 3.63) is 68.1 Å². The van der Waals surface area contributed by atoms with Crippen molar-refractivity contribution in [2.45, 2.75) is 25.2 Å². The molecule has 0 aliphatic heterocycles. The van der Waals surface area contributed by atoms with Gasteiger partial charge in [-0.25, -0.2) is 0 Å². The van der Waals surface area contributed by atoms with Crippen LogP contribution in [0.25, 0.3) is 0 Å². The van der Waals surface area contributed by atoms with Crippen LogP contribution in [0.15, 0.2) is 51.4 Å². The Morgan fingerprint density at radius 2 is 1.70 bits per heavy atom. The molecule has 0 radical (unpaired) electrons. The van der Waals surface area contributed by atoms with Crippen molar-refractivity contribution >= 4 is 37.6 Å². The van der Waals surface area contributed by atoms with E-state index < -0.39 is 0 Å². The van der Waals surface area contributed by atoms with Gasteiger partial charge < -0.3 is 0 Å². The summed E-state index contributed by atoms with van der Waals surface area (Å²) in [5.74, 6) is 0.759. The lowest BCUT2D eigenvalue weighted by Gasteiger charge is -2.25. The molecule has 0 spiro atoms. The van der Waals surface area contributed by atoms with Crippen LogP contribution in [0.3, 0.4) is 0 Å². The molecule has 0 amide bonds. The topological polar surface area (TPSA) is 17.1 Å². The first-order chi connectivity index (χ1) is 9.65. The minimum absolute atomic E-state index is 0.0540. The van der Waals surface area contributed by atoms with Crippen molar-refractivity contribution in [3.63, 3.8) is 0 Å². The third-order valence-electron chi connectivity index (χ3n) is 3.92. The lowest BCUT2D eigenvalue weighted by Crippen LogP contribution is -2.09. The fraction of sp³-hybridized carbons (Fsp3) is 0.235. The molecule has 0 N–H and O–H groups in total. The predicted octanol–water partition coefficient (Wildman–Crippen LogP) is 5.71. The Balaban J connectivity index is 1.88. The highest BCUT2D eigenvalue weighted by Crippen LogP contribution is 2.36. The minimum Gasteiger partial charge on any atom is -0.289 e. The summed E-state index contributed by atoms with van der Waals surface area (Å²) in [5.41, 5.74) is 2.80. The van der Waals surface area contributed by atoms with E-state index in [1.165, 1.54) is 24.8 Å². The molecule has 1 aliphatic carbocycles. The van der Waals surface area contributed by atoms with Crippen LogP contribution in [-0.4, -0.2) is 5.78 Å². The fourth-order valence-corrected chi connectivity index (χ4v) is 3.26. The van der Waals surface area contributed by atoms with Gasteiger partial charge in [0.15, 0.2) is 5.78 Å². The number of carbonyl (C=O) groups is 1. The van der Waals surface area contributed by atoms with Crippen LogP contribution in [0.5, 0.6) is 0 Å². The van der Waals surface area contributed by atoms with Gasteiger partial charge in [-0.1, -0.05) is 62.5 Å². The van der Waals surface area contributed by atoms with Crippen molar-refractivity contribution in [2.75, 3.05) is 0 Å². The molecule has 102 valence electrons. The molecule has 0 aromatic heterocycles. The van der Waals surface area contributed by atoms with E-state index in [0.717, 1.165) is 14.5 Å². The van der Waals surface area contributed by atoms with Gasteiger partial charge in [0.1, 0.15) is 0 Å². The molecule has 0 atom stereocenters. The number of carbonyl (C=O) groups excluding carboxylic acids is 1. The standard InChI is InChI=1S/C17H14Br2O/c18-14-8-9-16(19)15(10-14)17(20)13-6-4-12(5-7-13)11-2-1-3-11/h4-11H,1-3H2. The smallest absolute Gasteiger partial charge is 0.194 e. The van der Waals surface area contributed by atoms with Crippen molar-refractivity contribution in [1.82, 2.24) is 0 Å². The maximum Gasteiger partial charge on any atom is 0.194 e. The van der Waals surface area contributed by atoms with Gasteiger partial charge in [0.05, 0.1) is 0 Å². The highest BCUT2D eigenvalue weighted by molar-refractivity contribution is 9.11. The van der Waals surface area contributed by atoms with E-state index in [1.54, 1.807) is 0 Å². The number of ketones is 1. The molecule has 0 saturated heterocycles. The molecule has 2 aromatic rings. The summed E-state index contributed by atoms with van der Waals surface area (Å²) in [6.07, 6.45) is 3.89. The summed E-state index contributed by atoms with van der Waals surface area (Å²) in [6, 6.07) is 13.8. The van der Waals surface area contributed by atoms with E-state index in [0.29, 0.717) is 11.5 Å². The molecular weight excluding hydrogens is 380 g/mol. The van der Waals surface area contributed by atoms with Crippen LogP contribution in [0, 0.1) is 0 Å². The molecule has 3 rings (SSSR count). The molecule has 1 fully saturated rings. The van der Waals surface area contributed by atoms with E-state index in [2.05, 4.69) is 44.0 Å². The molecule has 0 unspecified atom stereocenters. The van der Waals surface area contributed by atoms with Gasteiger partial charge in [-0.3, -0.25) is 4.79 Å². The van der Waals surface area contributed by atoms with Gasteiger partial charge in [-0.2, -0.15) is 0 Å². The van der Waals surface area contributed by atoms with Gasteiger partial charge in [-0.15, -0.1) is 0 Å². The number of hydrogen-bond donors (Lipinski definition) is 0. The van der Waals surface area contributed by atoms with Crippen LogP contribution >= 0.6 is 31.9 Å². The summed E-state index contributed by atoms with van der Waals surface area (Å²) < 4.78 is 1.74. The van der Waals surface area contributed by atoms with Crippen LogP contribution < -0.4 is 0 Å². The molecule has 20 heavy (non-hydrogen) atoms. The monoisotopic (exact) mass is 392 g/mol. The van der Waals surface area contributed by atoms with E-state index >= 15 is 0 Å². The second-order valence-electron chi connectivity index (χ2n) is 5.20. The van der Waals surface area contributed by atoms with Gasteiger partial charge >= 0.3 is 0 Å². The quantitative estimate of drug-likeness (QED) is 0.610. The molecule has 1 aliphatic rings. The average molecular weight is 394 g/mol. The number of rotatable bonds is 3. The van der Waals surface area contributed by atoms with E-state index in [9.17, 15) is 4.79 Å². The first kappa shape index (κ1) is 14.0. The fourth-order valence-electron chi connectivity index (χ4n) is 2.48. The molecule has 0 heterocycles. The lowest BCUT2D eigenvalue weighted by atomic mass is 9.80. The van der Waals surface area contributed by atoms with Crippen LogP contribution in [0.1, 0.15) is 46.7 Å². The maximum absolute atomic E-state index is 12.5. The second kappa shape index (κ2) is 5.82. The number of benzene rings is 2. The molecule has 0 bridgehead atoms. The molecule has 1 saturated carbocycles. The van der Waals surface area contributed by atoms with Gasteiger partial charge in [0.25, 0.3) is 0 Å².